The number of nitrogens with zero attached hydrogens (tertiary/aromatic N) is 1. The number of nitrogens with one attached hydrogen (secondary N) is 2. The second kappa shape index (κ2) is 17.6. The number of carbonyl (C=O) groups excluding carboxylic acids is 2. The summed E-state index contributed by atoms with van der Waals surface area (Å²) in [5, 5.41) is 14.3. The Balaban J connectivity index is 1.55. The maximum absolute atomic E-state index is 14.6. The van der Waals surface area contributed by atoms with Crippen LogP contribution in [0.25, 0.3) is 0 Å². The minimum atomic E-state index is -1.32. The maximum Gasteiger partial charge on any atom is 0.404 e. The molecule has 52 heavy (non-hydrogen) atoms. The molecule has 14 heteroatoms. The highest BCUT2D eigenvalue weighted by Gasteiger charge is 2.39. The van der Waals surface area contributed by atoms with Gasteiger partial charge < -0.3 is 44.3 Å². The van der Waals surface area contributed by atoms with Crippen LogP contribution >= 0.6 is 11.6 Å². The van der Waals surface area contributed by atoms with Crippen molar-refractivity contribution in [3.8, 4) is 23.0 Å². The number of carbonyl (C=O) groups is 3. The van der Waals surface area contributed by atoms with E-state index >= 15 is 0 Å². The average molecular weight is 736 g/mol. The van der Waals surface area contributed by atoms with Gasteiger partial charge in [0, 0.05) is 46.4 Å². The molecule has 0 aromatic heterocycles. The lowest BCUT2D eigenvalue weighted by Crippen LogP contribution is -2.41. The number of carboxylic acid groups (broad SMARTS) is 1. The fourth-order valence-corrected chi connectivity index (χ4v) is 6.04. The van der Waals surface area contributed by atoms with Gasteiger partial charge in [-0.15, -0.1) is 0 Å². The number of ether oxygens (including phenoxy) is 5. The van der Waals surface area contributed by atoms with Gasteiger partial charge in [0.25, 0.3) is 5.91 Å². The van der Waals surface area contributed by atoms with E-state index in [1.54, 1.807) is 72.8 Å². The Bertz CT molecular complexity index is 1910. The summed E-state index contributed by atoms with van der Waals surface area (Å²) in [5.74, 6) is 0.197. The van der Waals surface area contributed by atoms with Crippen molar-refractivity contribution in [2.45, 2.75) is 38.1 Å². The SMILES string of the molecule is COc1ccc(CN2C(=O)C(CC(=O)NCc3ccccc3F)OC(c3cccc(OCCCNC(=O)O)c3OC)c3cc(Cl)ccc32)c(OC)c1. The normalized spacial score (nSPS) is 15.2. The molecule has 1 aliphatic rings. The van der Waals surface area contributed by atoms with Crippen LogP contribution in [-0.2, 0) is 27.4 Å². The van der Waals surface area contributed by atoms with Crippen LogP contribution in [0.2, 0.25) is 5.02 Å². The summed E-state index contributed by atoms with van der Waals surface area (Å²) in [6.45, 7) is 0.309. The Kier molecular flexibility index (Phi) is 12.8. The Morgan fingerprint density at radius 3 is 2.44 bits per heavy atom. The second-order valence-corrected chi connectivity index (χ2v) is 12.1. The summed E-state index contributed by atoms with van der Waals surface area (Å²) >= 11 is 6.58. The van der Waals surface area contributed by atoms with Crippen LogP contribution < -0.4 is 34.5 Å². The van der Waals surface area contributed by atoms with Crippen LogP contribution in [0.1, 0.15) is 41.2 Å². The molecule has 0 radical (unpaired) electrons. The van der Waals surface area contributed by atoms with Crippen LogP contribution in [0.15, 0.2) is 78.9 Å². The maximum atomic E-state index is 14.6. The summed E-state index contributed by atoms with van der Waals surface area (Å²) in [5.41, 5.74) is 2.42. The molecule has 0 aliphatic carbocycles. The first-order chi connectivity index (χ1) is 25.1. The molecule has 0 bridgehead atoms. The van der Waals surface area contributed by atoms with E-state index < -0.39 is 42.4 Å². The zero-order chi connectivity index (χ0) is 37.2. The van der Waals surface area contributed by atoms with Crippen molar-refractivity contribution in [1.29, 1.82) is 0 Å². The van der Waals surface area contributed by atoms with Gasteiger partial charge in [-0.1, -0.05) is 41.9 Å². The fourth-order valence-electron chi connectivity index (χ4n) is 5.86. The molecular weight excluding hydrogens is 697 g/mol. The van der Waals surface area contributed by atoms with Crippen LogP contribution in [0.5, 0.6) is 23.0 Å². The molecule has 5 rings (SSSR count). The topological polar surface area (TPSA) is 145 Å². The molecule has 0 fully saturated rings. The first-order valence-electron chi connectivity index (χ1n) is 16.4. The van der Waals surface area contributed by atoms with Gasteiger partial charge in [-0.3, -0.25) is 9.59 Å². The number of hydrogen-bond donors (Lipinski definition) is 3. The van der Waals surface area contributed by atoms with Gasteiger partial charge in [0.2, 0.25) is 5.91 Å². The third-order valence-corrected chi connectivity index (χ3v) is 8.62. The zero-order valence-electron chi connectivity index (χ0n) is 28.8. The number of methoxy groups -OCH3 is 3. The Morgan fingerprint density at radius 1 is 0.904 bits per heavy atom. The summed E-state index contributed by atoms with van der Waals surface area (Å²) in [7, 11) is 4.52. The van der Waals surface area contributed by atoms with Crippen molar-refractivity contribution in [3.63, 3.8) is 0 Å². The predicted molar refractivity (Wildman–Crippen MR) is 191 cm³/mol. The van der Waals surface area contributed by atoms with Crippen LogP contribution in [-0.4, -0.2) is 63.6 Å². The lowest BCUT2D eigenvalue weighted by Gasteiger charge is -2.26. The Labute approximate surface area is 305 Å². The highest BCUT2D eigenvalue weighted by molar-refractivity contribution is 6.30. The van der Waals surface area contributed by atoms with E-state index in [0.717, 1.165) is 0 Å². The molecule has 274 valence electrons. The fraction of sp³-hybridized carbons (Fsp3) is 0.289. The number of hydrogen-bond acceptors (Lipinski definition) is 8. The zero-order valence-corrected chi connectivity index (χ0v) is 29.6. The molecular formula is C38H39ClFN3O9. The molecule has 0 spiro atoms. The molecule has 3 amide bonds. The largest absolute Gasteiger partial charge is 0.497 e. The predicted octanol–water partition coefficient (Wildman–Crippen LogP) is 6.27. The van der Waals surface area contributed by atoms with E-state index in [0.29, 0.717) is 56.8 Å². The lowest BCUT2D eigenvalue weighted by molar-refractivity contribution is -0.138. The number of amides is 3. The van der Waals surface area contributed by atoms with E-state index in [9.17, 15) is 18.8 Å². The monoisotopic (exact) mass is 735 g/mol. The summed E-state index contributed by atoms with van der Waals surface area (Å²) in [6, 6.07) is 21.6. The molecule has 4 aromatic carbocycles. The average Bonchev–Trinajstić information content (AvgIpc) is 3.24. The van der Waals surface area contributed by atoms with Gasteiger partial charge in [0.1, 0.15) is 29.5 Å². The smallest absolute Gasteiger partial charge is 0.404 e. The first-order valence-corrected chi connectivity index (χ1v) is 16.7. The number of fused-ring (bicyclic) bond motifs is 1. The van der Waals surface area contributed by atoms with Gasteiger partial charge in [0.15, 0.2) is 11.5 Å². The summed E-state index contributed by atoms with van der Waals surface area (Å²) in [6.07, 6.45) is -3.45. The van der Waals surface area contributed by atoms with Crippen molar-refractivity contribution in [1.82, 2.24) is 10.6 Å². The quantitative estimate of drug-likeness (QED) is 0.120. The van der Waals surface area contributed by atoms with E-state index in [4.69, 9.17) is 40.4 Å². The van der Waals surface area contributed by atoms with Crippen LogP contribution in [0.4, 0.5) is 14.9 Å². The highest BCUT2D eigenvalue weighted by atomic mass is 35.5. The van der Waals surface area contributed by atoms with E-state index in [2.05, 4.69) is 10.6 Å². The van der Waals surface area contributed by atoms with Crippen LogP contribution in [0, 0.1) is 5.82 Å². The van der Waals surface area contributed by atoms with Gasteiger partial charge >= 0.3 is 6.09 Å². The third-order valence-electron chi connectivity index (χ3n) is 8.38. The van der Waals surface area contributed by atoms with Gasteiger partial charge in [-0.2, -0.15) is 0 Å². The molecule has 0 saturated carbocycles. The molecule has 12 nitrogen and oxygen atoms in total. The molecule has 3 N–H and O–H groups in total. The number of rotatable bonds is 15. The first kappa shape index (κ1) is 37.7. The van der Waals surface area contributed by atoms with Gasteiger partial charge in [-0.25, -0.2) is 9.18 Å². The number of benzene rings is 4. The molecule has 0 saturated heterocycles. The Hall–Kier alpha value is -5.53. The van der Waals surface area contributed by atoms with Gasteiger partial charge in [0.05, 0.1) is 46.6 Å². The molecule has 4 aromatic rings. The molecule has 1 heterocycles. The molecule has 2 atom stereocenters. The lowest BCUT2D eigenvalue weighted by atomic mass is 9.97. The standard InChI is InChI=1S/C38H39ClFN3O9/c1-48-26-14-12-24(32(19-26)49-2)22-43-30-15-13-25(39)18-28(30)35(27-9-6-11-31(36(27)50-3)51-17-7-16-41-38(46)47)52-33(37(43)45)20-34(44)42-21-23-8-4-5-10-29(23)40/h4-6,8-15,18-19,33,35,41H,7,16-17,20-22H2,1-3H3,(H,42,44)(H,46,47). The second-order valence-electron chi connectivity index (χ2n) is 11.7. The molecule has 2 unspecified atom stereocenters. The van der Waals surface area contributed by atoms with E-state index in [1.165, 1.54) is 32.3 Å². The van der Waals surface area contributed by atoms with Crippen LogP contribution in [0.3, 0.4) is 0 Å². The highest BCUT2D eigenvalue weighted by Crippen LogP contribution is 2.46. The van der Waals surface area contributed by atoms with E-state index in [1.807, 2.05) is 0 Å². The number of para-hydroxylation sites is 1. The molecule has 1 aliphatic heterocycles. The van der Waals surface area contributed by atoms with Crippen molar-refractivity contribution >= 4 is 35.2 Å². The van der Waals surface area contributed by atoms with Crippen molar-refractivity contribution in [2.75, 3.05) is 39.4 Å². The number of halogens is 2. The minimum absolute atomic E-state index is 0.0364. The van der Waals surface area contributed by atoms with Crippen molar-refractivity contribution in [3.05, 3.63) is 112 Å². The van der Waals surface area contributed by atoms with E-state index in [-0.39, 0.29) is 31.8 Å². The third kappa shape index (κ3) is 9.03. The van der Waals surface area contributed by atoms with Crippen molar-refractivity contribution < 1.29 is 47.6 Å². The summed E-state index contributed by atoms with van der Waals surface area (Å²) in [4.78, 5) is 40.4. The number of anilines is 1. The summed E-state index contributed by atoms with van der Waals surface area (Å²) < 4.78 is 43.8. The van der Waals surface area contributed by atoms with Crippen molar-refractivity contribution in [2.24, 2.45) is 0 Å². The minimum Gasteiger partial charge on any atom is -0.497 e. The Morgan fingerprint density at radius 2 is 1.71 bits per heavy atom. The van der Waals surface area contributed by atoms with Gasteiger partial charge in [-0.05, 0) is 48.9 Å².